The summed E-state index contributed by atoms with van der Waals surface area (Å²) in [5.74, 6) is -0.906. The molecule has 0 N–H and O–H groups in total. The molecule has 2 aromatic carbocycles. The fraction of sp³-hybridized carbons (Fsp3) is 0.235. The lowest BCUT2D eigenvalue weighted by molar-refractivity contribution is 0.102. The van der Waals surface area contributed by atoms with Gasteiger partial charge in [-0.2, -0.15) is 0 Å². The quantitative estimate of drug-likeness (QED) is 0.591. The molecule has 1 fully saturated rings. The molecule has 120 valence electrons. The summed E-state index contributed by atoms with van der Waals surface area (Å²) in [5, 5.41) is 0. The Morgan fingerprint density at radius 2 is 1.61 bits per heavy atom. The van der Waals surface area contributed by atoms with Gasteiger partial charge in [-0.1, -0.05) is 42.5 Å². The van der Waals surface area contributed by atoms with Crippen molar-refractivity contribution in [1.82, 2.24) is 0 Å². The molecule has 0 saturated heterocycles. The number of hydrogen-bond acceptors (Lipinski definition) is 3. The SMILES string of the molecule is O=C(CS(=O)(=O)c1ccccc1)c1ccc([C@@H]2CC2(Cl)Cl)cc1. The van der Waals surface area contributed by atoms with Gasteiger partial charge in [-0.25, -0.2) is 8.42 Å². The zero-order valence-corrected chi connectivity index (χ0v) is 14.4. The molecule has 0 amide bonds. The van der Waals surface area contributed by atoms with Crippen LogP contribution in [-0.2, 0) is 9.84 Å². The summed E-state index contributed by atoms with van der Waals surface area (Å²) >= 11 is 12.0. The number of sulfone groups is 1. The number of alkyl halides is 2. The predicted molar refractivity (Wildman–Crippen MR) is 91.1 cm³/mol. The highest BCUT2D eigenvalue weighted by Gasteiger charge is 2.52. The number of halogens is 2. The summed E-state index contributed by atoms with van der Waals surface area (Å²) in [6.07, 6.45) is 0.686. The fourth-order valence-corrected chi connectivity index (χ4v) is 4.25. The molecular formula is C17H14Cl2O3S. The standard InChI is InChI=1S/C17H14Cl2O3S/c18-17(19)10-15(17)12-6-8-13(9-7-12)16(20)11-23(21,22)14-4-2-1-3-5-14/h1-9,15H,10-11H2/t15-/m0/s1. The zero-order valence-electron chi connectivity index (χ0n) is 12.1. The summed E-state index contributed by atoms with van der Waals surface area (Å²) in [6.45, 7) is 0. The first-order valence-electron chi connectivity index (χ1n) is 7.08. The van der Waals surface area contributed by atoms with Crippen molar-refractivity contribution in [2.24, 2.45) is 0 Å². The number of Topliss-reactive ketones (excluding diaryl/α,β-unsaturated/α-hetero) is 1. The number of hydrogen-bond donors (Lipinski definition) is 0. The molecule has 0 heterocycles. The van der Waals surface area contributed by atoms with E-state index in [0.717, 1.165) is 5.56 Å². The monoisotopic (exact) mass is 368 g/mol. The van der Waals surface area contributed by atoms with Gasteiger partial charge in [0.05, 0.1) is 4.90 Å². The molecule has 0 aliphatic heterocycles. The Morgan fingerprint density at radius 1 is 1.04 bits per heavy atom. The Labute approximate surface area is 145 Å². The Balaban J connectivity index is 1.74. The van der Waals surface area contributed by atoms with E-state index in [-0.39, 0.29) is 10.8 Å². The lowest BCUT2D eigenvalue weighted by Crippen LogP contribution is -2.16. The molecule has 1 aliphatic carbocycles. The summed E-state index contributed by atoms with van der Waals surface area (Å²) in [5.41, 5.74) is 1.32. The zero-order chi connectivity index (χ0) is 16.7. The van der Waals surface area contributed by atoms with Crippen LogP contribution in [0.2, 0.25) is 0 Å². The van der Waals surface area contributed by atoms with Gasteiger partial charge in [0.15, 0.2) is 15.6 Å². The second kappa shape index (κ2) is 5.93. The molecule has 3 nitrogen and oxygen atoms in total. The maximum Gasteiger partial charge on any atom is 0.185 e. The summed E-state index contributed by atoms with van der Waals surface area (Å²) < 4.78 is 23.7. The third kappa shape index (κ3) is 3.60. The van der Waals surface area contributed by atoms with E-state index in [2.05, 4.69) is 0 Å². The molecule has 23 heavy (non-hydrogen) atoms. The maximum absolute atomic E-state index is 12.2. The van der Waals surface area contributed by atoms with Crippen LogP contribution in [-0.4, -0.2) is 24.3 Å². The van der Waals surface area contributed by atoms with Gasteiger partial charge in [0.25, 0.3) is 0 Å². The van der Waals surface area contributed by atoms with Gasteiger partial charge in [-0.05, 0) is 24.1 Å². The van der Waals surface area contributed by atoms with E-state index in [9.17, 15) is 13.2 Å². The van der Waals surface area contributed by atoms with Crippen LogP contribution in [0.1, 0.15) is 28.3 Å². The molecule has 1 saturated carbocycles. The van der Waals surface area contributed by atoms with Gasteiger partial charge in [-0.15, -0.1) is 23.2 Å². The predicted octanol–water partition coefficient (Wildman–Crippen LogP) is 4.00. The Bertz CT molecular complexity index is 828. The van der Waals surface area contributed by atoms with Crippen molar-refractivity contribution in [2.75, 3.05) is 5.75 Å². The van der Waals surface area contributed by atoms with E-state index in [4.69, 9.17) is 23.2 Å². The summed E-state index contributed by atoms with van der Waals surface area (Å²) in [6, 6.07) is 14.8. The maximum atomic E-state index is 12.2. The van der Waals surface area contributed by atoms with Gasteiger partial charge in [0.1, 0.15) is 10.1 Å². The first kappa shape index (κ1) is 16.5. The van der Waals surface area contributed by atoms with Crippen LogP contribution in [0.25, 0.3) is 0 Å². The minimum atomic E-state index is -3.63. The largest absolute Gasteiger partial charge is 0.293 e. The molecule has 0 unspecified atom stereocenters. The van der Waals surface area contributed by atoms with Crippen molar-refractivity contribution in [1.29, 1.82) is 0 Å². The first-order valence-corrected chi connectivity index (χ1v) is 9.49. The van der Waals surface area contributed by atoms with E-state index in [1.165, 1.54) is 12.1 Å². The van der Waals surface area contributed by atoms with E-state index in [0.29, 0.717) is 12.0 Å². The average Bonchev–Trinajstić information content (AvgIpc) is 3.16. The van der Waals surface area contributed by atoms with Gasteiger partial charge in [0.2, 0.25) is 0 Å². The van der Waals surface area contributed by atoms with Crippen LogP contribution in [0.3, 0.4) is 0 Å². The second-order valence-electron chi connectivity index (χ2n) is 5.64. The Kier molecular flexibility index (Phi) is 4.25. The topological polar surface area (TPSA) is 51.2 Å². The van der Waals surface area contributed by atoms with E-state index in [1.807, 2.05) is 0 Å². The number of rotatable bonds is 5. The van der Waals surface area contributed by atoms with Crippen molar-refractivity contribution in [3.8, 4) is 0 Å². The van der Waals surface area contributed by atoms with Crippen LogP contribution >= 0.6 is 23.2 Å². The molecule has 2 aromatic rings. The summed E-state index contributed by atoms with van der Waals surface area (Å²) in [7, 11) is -3.63. The van der Waals surface area contributed by atoms with Crippen molar-refractivity contribution in [3.05, 3.63) is 65.7 Å². The minimum absolute atomic E-state index is 0.0723. The first-order chi connectivity index (χ1) is 10.8. The molecule has 1 aliphatic rings. The number of benzene rings is 2. The lowest BCUT2D eigenvalue weighted by atomic mass is 10.1. The van der Waals surface area contributed by atoms with E-state index >= 15 is 0 Å². The van der Waals surface area contributed by atoms with Crippen molar-refractivity contribution >= 4 is 38.8 Å². The van der Waals surface area contributed by atoms with Gasteiger partial charge in [0, 0.05) is 11.5 Å². The van der Waals surface area contributed by atoms with Crippen molar-refractivity contribution < 1.29 is 13.2 Å². The van der Waals surface area contributed by atoms with Gasteiger partial charge < -0.3 is 0 Å². The van der Waals surface area contributed by atoms with Crippen LogP contribution in [0.5, 0.6) is 0 Å². The minimum Gasteiger partial charge on any atom is -0.293 e. The number of ketones is 1. The normalized spacial score (nSPS) is 19.3. The Morgan fingerprint density at radius 3 is 2.13 bits per heavy atom. The lowest BCUT2D eigenvalue weighted by Gasteiger charge is -2.06. The molecular weight excluding hydrogens is 355 g/mol. The van der Waals surface area contributed by atoms with Gasteiger partial charge >= 0.3 is 0 Å². The van der Waals surface area contributed by atoms with Crippen LogP contribution in [0.4, 0.5) is 0 Å². The van der Waals surface area contributed by atoms with Crippen LogP contribution in [0, 0.1) is 0 Å². The van der Waals surface area contributed by atoms with Crippen LogP contribution < -0.4 is 0 Å². The average molecular weight is 369 g/mol. The highest BCUT2D eigenvalue weighted by molar-refractivity contribution is 7.92. The highest BCUT2D eigenvalue weighted by atomic mass is 35.5. The fourth-order valence-electron chi connectivity index (χ4n) is 2.44. The smallest absolute Gasteiger partial charge is 0.185 e. The number of carbonyl (C=O) groups excluding carboxylic acids is 1. The van der Waals surface area contributed by atoms with Crippen molar-refractivity contribution in [2.45, 2.75) is 21.6 Å². The third-order valence-electron chi connectivity index (χ3n) is 3.88. The third-order valence-corrected chi connectivity index (χ3v) is 6.35. The molecule has 6 heteroatoms. The molecule has 0 bridgehead atoms. The van der Waals surface area contributed by atoms with Gasteiger partial charge in [-0.3, -0.25) is 4.79 Å². The number of carbonyl (C=O) groups is 1. The van der Waals surface area contributed by atoms with E-state index < -0.39 is 25.7 Å². The van der Waals surface area contributed by atoms with Crippen molar-refractivity contribution in [3.63, 3.8) is 0 Å². The summed E-state index contributed by atoms with van der Waals surface area (Å²) in [4.78, 5) is 12.4. The molecule has 0 aromatic heterocycles. The second-order valence-corrected chi connectivity index (χ2v) is 9.17. The molecule has 0 radical (unpaired) electrons. The van der Waals surface area contributed by atoms with Crippen LogP contribution in [0.15, 0.2) is 59.5 Å². The van der Waals surface area contributed by atoms with E-state index in [1.54, 1.807) is 42.5 Å². The molecule has 1 atom stereocenters. The highest BCUT2D eigenvalue weighted by Crippen LogP contribution is 2.59. The molecule has 3 rings (SSSR count). The Hall–Kier alpha value is -1.36. The molecule has 0 spiro atoms.